The Hall–Kier alpha value is -2.91. The van der Waals surface area contributed by atoms with E-state index in [1.54, 1.807) is 12.1 Å². The number of allylic oxidation sites excluding steroid dienone is 1. The molecule has 1 aromatic carbocycles. The molecule has 0 bridgehead atoms. The Morgan fingerprint density at radius 3 is 2.04 bits per heavy atom. The number of rotatable bonds is 7. The van der Waals surface area contributed by atoms with Gasteiger partial charge in [0.2, 0.25) is 5.71 Å². The zero-order chi connectivity index (χ0) is 19.0. The van der Waals surface area contributed by atoms with Gasteiger partial charge in [0.1, 0.15) is 5.75 Å². The van der Waals surface area contributed by atoms with Crippen LogP contribution < -0.4 is 4.74 Å². The number of benzene rings is 1. The number of hydrogen-bond donors (Lipinski definition) is 1. The third kappa shape index (κ3) is 5.03. The van der Waals surface area contributed by atoms with Gasteiger partial charge in [0.05, 0.1) is 21.3 Å². The van der Waals surface area contributed by atoms with Crippen LogP contribution in [0.15, 0.2) is 35.9 Å². The Balaban J connectivity index is 3.56. The molecule has 0 aliphatic carbocycles. The second-order valence-corrected chi connectivity index (χ2v) is 4.69. The summed E-state index contributed by atoms with van der Waals surface area (Å²) in [6.07, 6.45) is -0.299. The summed E-state index contributed by atoms with van der Waals surface area (Å²) in [7, 11) is 3.65. The Kier molecular flexibility index (Phi) is 7.57. The van der Waals surface area contributed by atoms with Crippen molar-refractivity contribution < 1.29 is 38.7 Å². The van der Waals surface area contributed by atoms with Crippen LogP contribution in [0.4, 0.5) is 0 Å². The van der Waals surface area contributed by atoms with Crippen molar-refractivity contribution in [3.63, 3.8) is 0 Å². The zero-order valence-corrected chi connectivity index (χ0v) is 14.2. The lowest BCUT2D eigenvalue weighted by molar-refractivity contribution is -0.595. The Labute approximate surface area is 144 Å². The number of carbonyl (C=O) groups excluding carboxylic acids is 2. The molecule has 0 radical (unpaired) electrons. The average molecular weight is 353 g/mol. The van der Waals surface area contributed by atoms with Crippen molar-refractivity contribution in [3.05, 3.63) is 46.7 Å². The summed E-state index contributed by atoms with van der Waals surface area (Å²) in [5.41, 5.74) is -0.290. The summed E-state index contributed by atoms with van der Waals surface area (Å²) in [5, 5.41) is 21.2. The fourth-order valence-electron chi connectivity index (χ4n) is 1.83. The van der Waals surface area contributed by atoms with Gasteiger partial charge >= 0.3 is 11.9 Å². The molecule has 9 heteroatoms. The first kappa shape index (κ1) is 20.1. The van der Waals surface area contributed by atoms with Crippen LogP contribution in [0.1, 0.15) is 12.5 Å². The van der Waals surface area contributed by atoms with E-state index >= 15 is 0 Å². The quantitative estimate of drug-likeness (QED) is 0.0740. The monoisotopic (exact) mass is 353 g/mol. The van der Waals surface area contributed by atoms with E-state index in [0.717, 1.165) is 20.3 Å². The molecule has 0 aliphatic heterocycles. The van der Waals surface area contributed by atoms with Crippen LogP contribution in [0.3, 0.4) is 0 Å². The molecule has 1 aromatic rings. The van der Waals surface area contributed by atoms with E-state index in [4.69, 9.17) is 9.99 Å². The number of esters is 2. The Morgan fingerprint density at radius 1 is 1.12 bits per heavy atom. The maximum Gasteiger partial charge on any atom is 0.345 e. The third-order valence-electron chi connectivity index (χ3n) is 3.20. The molecule has 0 aromatic heterocycles. The predicted molar refractivity (Wildman–Crippen MR) is 86.0 cm³/mol. The molecule has 0 saturated carbocycles. The van der Waals surface area contributed by atoms with Crippen molar-refractivity contribution in [1.82, 2.24) is 0 Å². The van der Waals surface area contributed by atoms with E-state index < -0.39 is 23.7 Å². The van der Waals surface area contributed by atoms with Gasteiger partial charge < -0.3 is 19.4 Å². The molecule has 0 fully saturated rings. The highest BCUT2D eigenvalue weighted by Gasteiger charge is 2.25. The lowest BCUT2D eigenvalue weighted by atomic mass is 10.1. The van der Waals surface area contributed by atoms with Crippen molar-refractivity contribution in [2.75, 3.05) is 21.3 Å². The second kappa shape index (κ2) is 9.40. The standard InChI is InChI=1S/C16H19NO8/c1-10(25-21)17(20)14(11-5-7-12(22-2)8-6-11)9-13(15(18)23-3)16(19)24-4/h5-10,21H,1-4H3/b17-14+. The molecule has 0 aliphatic rings. The maximum atomic E-state index is 12.4. The average Bonchev–Trinajstić information content (AvgIpc) is 2.66. The van der Waals surface area contributed by atoms with Gasteiger partial charge in [-0.3, -0.25) is 0 Å². The molecule has 0 spiro atoms. The smallest absolute Gasteiger partial charge is 0.345 e. The molecule has 25 heavy (non-hydrogen) atoms. The van der Waals surface area contributed by atoms with Crippen molar-refractivity contribution in [2.24, 2.45) is 0 Å². The highest BCUT2D eigenvalue weighted by Crippen LogP contribution is 2.15. The highest BCUT2D eigenvalue weighted by atomic mass is 17.1. The number of hydroxylamine groups is 1. The minimum Gasteiger partial charge on any atom is -0.621 e. The predicted octanol–water partition coefficient (Wildman–Crippen LogP) is 1.10. The van der Waals surface area contributed by atoms with Crippen molar-refractivity contribution >= 4 is 17.7 Å². The van der Waals surface area contributed by atoms with Crippen molar-refractivity contribution in [1.29, 1.82) is 0 Å². The summed E-state index contributed by atoms with van der Waals surface area (Å²) in [4.78, 5) is 27.7. The van der Waals surface area contributed by atoms with Crippen LogP contribution in [0.2, 0.25) is 0 Å². The summed E-state index contributed by atoms with van der Waals surface area (Å²) in [6.45, 7) is 1.28. The summed E-state index contributed by atoms with van der Waals surface area (Å²) in [6, 6.07) is 6.23. The van der Waals surface area contributed by atoms with E-state index in [9.17, 15) is 14.8 Å². The van der Waals surface area contributed by atoms with E-state index in [2.05, 4.69) is 14.4 Å². The first-order valence-corrected chi connectivity index (χ1v) is 7.05. The number of ether oxygens (including phenoxy) is 3. The lowest BCUT2D eigenvalue weighted by Crippen LogP contribution is -2.28. The van der Waals surface area contributed by atoms with Gasteiger partial charge in [-0.2, -0.15) is 9.63 Å². The van der Waals surface area contributed by atoms with Crippen LogP contribution in [-0.2, 0) is 24.0 Å². The third-order valence-corrected chi connectivity index (χ3v) is 3.20. The van der Waals surface area contributed by atoms with Gasteiger partial charge in [0.15, 0.2) is 5.57 Å². The SMILES string of the molecule is COC(=O)C(=C/C(c1ccc(OC)cc1)=[N+](\[O-])C(C)OO)C(=O)OC. The van der Waals surface area contributed by atoms with Crippen LogP contribution in [0, 0.1) is 5.21 Å². The van der Waals surface area contributed by atoms with Gasteiger partial charge in [-0.25, -0.2) is 14.8 Å². The summed E-state index contributed by atoms with van der Waals surface area (Å²) in [5.74, 6) is -1.43. The van der Waals surface area contributed by atoms with Gasteiger partial charge in [-0.1, -0.05) is 0 Å². The Morgan fingerprint density at radius 2 is 1.64 bits per heavy atom. The van der Waals surface area contributed by atoms with Gasteiger partial charge in [0.25, 0.3) is 6.23 Å². The van der Waals surface area contributed by atoms with Crippen LogP contribution in [0.5, 0.6) is 5.75 Å². The van der Waals surface area contributed by atoms with Crippen LogP contribution in [-0.4, -0.2) is 55.2 Å². The van der Waals surface area contributed by atoms with E-state index in [1.807, 2.05) is 0 Å². The molecular formula is C16H19NO8. The molecule has 136 valence electrons. The number of hydrogen-bond acceptors (Lipinski definition) is 8. The summed E-state index contributed by atoms with van der Waals surface area (Å²) >= 11 is 0. The molecule has 9 nitrogen and oxygen atoms in total. The van der Waals surface area contributed by atoms with Crippen LogP contribution >= 0.6 is 0 Å². The van der Waals surface area contributed by atoms with Gasteiger partial charge in [0, 0.05) is 18.6 Å². The molecule has 1 N–H and O–H groups in total. The first-order valence-electron chi connectivity index (χ1n) is 7.05. The molecule has 0 amide bonds. The fourth-order valence-corrected chi connectivity index (χ4v) is 1.83. The lowest BCUT2D eigenvalue weighted by Gasteiger charge is -2.14. The summed E-state index contributed by atoms with van der Waals surface area (Å²) < 4.78 is 14.4. The topological polar surface area (TPSA) is 117 Å². The van der Waals surface area contributed by atoms with E-state index in [1.165, 1.54) is 26.2 Å². The Bertz CT molecular complexity index is 660. The second-order valence-electron chi connectivity index (χ2n) is 4.69. The van der Waals surface area contributed by atoms with Crippen molar-refractivity contribution in [3.8, 4) is 5.75 Å². The zero-order valence-electron chi connectivity index (χ0n) is 14.2. The fraction of sp³-hybridized carbons (Fsp3) is 0.312. The molecule has 0 saturated heterocycles. The minimum absolute atomic E-state index is 0.130. The number of methoxy groups -OCH3 is 3. The molecule has 1 unspecified atom stereocenters. The van der Waals surface area contributed by atoms with E-state index in [0.29, 0.717) is 11.3 Å². The van der Waals surface area contributed by atoms with E-state index in [-0.39, 0.29) is 10.5 Å². The largest absolute Gasteiger partial charge is 0.621 e. The number of nitrogens with zero attached hydrogens (tertiary/aromatic N) is 1. The minimum atomic E-state index is -1.30. The molecule has 1 atom stereocenters. The maximum absolute atomic E-state index is 12.4. The highest BCUT2D eigenvalue weighted by molar-refractivity contribution is 6.20. The van der Waals surface area contributed by atoms with Crippen molar-refractivity contribution in [2.45, 2.75) is 13.2 Å². The van der Waals surface area contributed by atoms with Gasteiger partial charge in [-0.15, -0.1) is 0 Å². The molecule has 1 rings (SSSR count). The van der Waals surface area contributed by atoms with Gasteiger partial charge in [-0.05, 0) is 24.3 Å². The normalized spacial score (nSPS) is 12.5. The number of carbonyl (C=O) groups is 2. The molecule has 0 heterocycles. The first-order chi connectivity index (χ1) is 11.9. The molecular weight excluding hydrogens is 334 g/mol. The van der Waals surface area contributed by atoms with Crippen LogP contribution in [0.25, 0.3) is 0 Å².